The van der Waals surface area contributed by atoms with Crippen LogP contribution in [0.1, 0.15) is 16.7 Å². The molecule has 156 valence electrons. The van der Waals surface area contributed by atoms with Crippen molar-refractivity contribution in [2.24, 2.45) is 0 Å². The molecule has 1 aliphatic rings. The number of fused-ring (bicyclic) bond motifs is 1. The van der Waals surface area contributed by atoms with Crippen LogP contribution in [0, 0.1) is 10.1 Å². The fourth-order valence-corrected chi connectivity index (χ4v) is 5.62. The van der Waals surface area contributed by atoms with Gasteiger partial charge in [0.05, 0.1) is 22.7 Å². The number of ether oxygens (including phenoxy) is 1. The quantitative estimate of drug-likeness (QED) is 0.205. The Hall–Kier alpha value is -2.81. The molecule has 1 atom stereocenters. The number of rotatable bonds is 6. The van der Waals surface area contributed by atoms with Crippen molar-refractivity contribution in [2.45, 2.75) is 16.1 Å². The van der Waals surface area contributed by atoms with E-state index in [4.69, 9.17) is 9.84 Å². The second kappa shape index (κ2) is 8.74. The van der Waals surface area contributed by atoms with E-state index in [1.807, 2.05) is 48.5 Å². The molecule has 0 N–H and O–H groups in total. The maximum atomic E-state index is 11.7. The lowest BCUT2D eigenvalue weighted by Crippen LogP contribution is -1.99. The molecule has 8 heteroatoms. The zero-order valence-electron chi connectivity index (χ0n) is 16.5. The van der Waals surface area contributed by atoms with Gasteiger partial charge in [-0.25, -0.2) is 4.68 Å². The van der Waals surface area contributed by atoms with Gasteiger partial charge in [0.15, 0.2) is 0 Å². The minimum atomic E-state index is -0.338. The predicted molar refractivity (Wildman–Crippen MR) is 125 cm³/mol. The predicted octanol–water partition coefficient (Wildman–Crippen LogP) is 5.99. The summed E-state index contributed by atoms with van der Waals surface area (Å²) in [5, 5.41) is 17.5. The first-order valence-electron chi connectivity index (χ1n) is 9.87. The molecular formula is C23H19N3O3S2. The molecule has 1 aromatic heterocycles. The van der Waals surface area contributed by atoms with Crippen molar-refractivity contribution < 1.29 is 9.66 Å². The van der Waals surface area contributed by atoms with Gasteiger partial charge < -0.3 is 4.74 Å². The molecular weight excluding hydrogens is 430 g/mol. The molecule has 0 unspecified atom stereocenters. The topological polar surface area (TPSA) is 70.2 Å². The second-order valence-corrected chi connectivity index (χ2v) is 9.26. The standard InChI is InChI=1S/C23H19N3O3S2/c27-26(28)18-13-19-21(20(14-18)31-15-16-7-3-1-4-8-16)22(23-29-11-12-30-23)24-25(19)17-9-5-2-6-10-17/h1-10,13-14,23H,11-12,15H2/t23-/m1/s1. The summed E-state index contributed by atoms with van der Waals surface area (Å²) in [6.07, 6.45) is 0. The highest BCUT2D eigenvalue weighted by Gasteiger charge is 2.28. The summed E-state index contributed by atoms with van der Waals surface area (Å²) in [4.78, 5) is 12.2. The number of hydrogen-bond acceptors (Lipinski definition) is 6. The summed E-state index contributed by atoms with van der Waals surface area (Å²) in [6, 6.07) is 23.1. The number of nitro benzene ring substituents is 1. The zero-order valence-corrected chi connectivity index (χ0v) is 18.1. The molecule has 5 rings (SSSR count). The number of nitro groups is 1. The number of non-ortho nitro benzene ring substituents is 1. The van der Waals surface area contributed by atoms with Crippen molar-refractivity contribution in [3.05, 3.63) is 94.2 Å². The van der Waals surface area contributed by atoms with Gasteiger partial charge in [-0.2, -0.15) is 5.10 Å². The zero-order chi connectivity index (χ0) is 21.2. The van der Waals surface area contributed by atoms with Gasteiger partial charge in [-0.15, -0.1) is 23.5 Å². The second-order valence-electron chi connectivity index (χ2n) is 7.08. The molecule has 1 aliphatic heterocycles. The summed E-state index contributed by atoms with van der Waals surface area (Å²) < 4.78 is 7.73. The molecule has 0 amide bonds. The number of benzene rings is 3. The van der Waals surface area contributed by atoms with Crippen molar-refractivity contribution in [1.82, 2.24) is 9.78 Å². The SMILES string of the molecule is O=[N+]([O-])c1cc(SCc2ccccc2)c2c([C@@H]3OCCS3)nn(-c3ccccc3)c2c1. The first-order valence-corrected chi connectivity index (χ1v) is 11.9. The van der Waals surface area contributed by atoms with E-state index in [0.29, 0.717) is 12.4 Å². The highest BCUT2D eigenvalue weighted by molar-refractivity contribution is 7.99. The third-order valence-electron chi connectivity index (χ3n) is 5.05. The molecule has 31 heavy (non-hydrogen) atoms. The average Bonchev–Trinajstić information content (AvgIpc) is 3.46. The smallest absolute Gasteiger partial charge is 0.272 e. The summed E-state index contributed by atoms with van der Waals surface area (Å²) in [5.41, 5.74) is 3.46. The minimum Gasteiger partial charge on any atom is -0.360 e. The van der Waals surface area contributed by atoms with Crippen LogP contribution in [0.2, 0.25) is 0 Å². The molecule has 1 fully saturated rings. The van der Waals surface area contributed by atoms with Crippen molar-refractivity contribution in [1.29, 1.82) is 0 Å². The van der Waals surface area contributed by atoms with Gasteiger partial charge >= 0.3 is 0 Å². The van der Waals surface area contributed by atoms with Crippen LogP contribution in [-0.4, -0.2) is 27.1 Å². The Morgan fingerprint density at radius 1 is 1.13 bits per heavy atom. The Morgan fingerprint density at radius 3 is 2.55 bits per heavy atom. The third-order valence-corrected chi connectivity index (χ3v) is 7.23. The largest absolute Gasteiger partial charge is 0.360 e. The van der Waals surface area contributed by atoms with E-state index in [2.05, 4.69) is 12.1 Å². The highest BCUT2D eigenvalue weighted by Crippen LogP contribution is 2.43. The molecule has 0 radical (unpaired) electrons. The summed E-state index contributed by atoms with van der Waals surface area (Å²) in [7, 11) is 0. The van der Waals surface area contributed by atoms with Crippen LogP contribution in [-0.2, 0) is 10.5 Å². The van der Waals surface area contributed by atoms with Crippen LogP contribution in [0.4, 0.5) is 5.69 Å². The normalized spacial score (nSPS) is 16.1. The number of aromatic nitrogens is 2. The van der Waals surface area contributed by atoms with Crippen LogP contribution in [0.5, 0.6) is 0 Å². The molecule has 0 spiro atoms. The number of thioether (sulfide) groups is 2. The van der Waals surface area contributed by atoms with Crippen molar-refractivity contribution in [2.75, 3.05) is 12.4 Å². The molecule has 0 saturated carbocycles. The lowest BCUT2D eigenvalue weighted by molar-refractivity contribution is -0.384. The van der Waals surface area contributed by atoms with Crippen LogP contribution in [0.15, 0.2) is 77.7 Å². The van der Waals surface area contributed by atoms with E-state index in [9.17, 15) is 10.1 Å². The van der Waals surface area contributed by atoms with Gasteiger partial charge in [0.2, 0.25) is 0 Å². The molecule has 0 bridgehead atoms. The van der Waals surface area contributed by atoms with E-state index in [1.165, 1.54) is 0 Å². The first kappa shape index (κ1) is 20.1. The van der Waals surface area contributed by atoms with Gasteiger partial charge in [-0.1, -0.05) is 48.5 Å². The third kappa shape index (κ3) is 4.06. The van der Waals surface area contributed by atoms with Crippen LogP contribution >= 0.6 is 23.5 Å². The Kier molecular flexibility index (Phi) is 5.67. The summed E-state index contributed by atoms with van der Waals surface area (Å²) in [5.74, 6) is 1.62. The van der Waals surface area contributed by atoms with Gasteiger partial charge in [0.1, 0.15) is 11.1 Å². The van der Waals surface area contributed by atoms with E-state index in [0.717, 1.165) is 38.5 Å². The van der Waals surface area contributed by atoms with Crippen molar-refractivity contribution in [3.8, 4) is 5.69 Å². The maximum Gasteiger partial charge on any atom is 0.272 e. The van der Waals surface area contributed by atoms with Crippen LogP contribution in [0.3, 0.4) is 0 Å². The van der Waals surface area contributed by atoms with Gasteiger partial charge in [-0.3, -0.25) is 10.1 Å². The first-order chi connectivity index (χ1) is 15.2. The van der Waals surface area contributed by atoms with Gasteiger partial charge in [-0.05, 0) is 17.7 Å². The lowest BCUT2D eigenvalue weighted by Gasteiger charge is -2.09. The van der Waals surface area contributed by atoms with Crippen LogP contribution < -0.4 is 0 Å². The molecule has 4 aromatic rings. The monoisotopic (exact) mass is 449 g/mol. The summed E-state index contributed by atoms with van der Waals surface area (Å²) >= 11 is 3.30. The number of nitrogens with zero attached hydrogens (tertiary/aromatic N) is 3. The lowest BCUT2D eigenvalue weighted by atomic mass is 10.2. The fraction of sp³-hybridized carbons (Fsp3) is 0.174. The Balaban J connectivity index is 1.70. The van der Waals surface area contributed by atoms with Gasteiger partial charge in [0.25, 0.3) is 5.69 Å². The number of hydrogen-bond donors (Lipinski definition) is 0. The molecule has 0 aliphatic carbocycles. The van der Waals surface area contributed by atoms with Crippen molar-refractivity contribution >= 4 is 40.1 Å². The minimum absolute atomic E-state index is 0.0617. The average molecular weight is 450 g/mol. The Bertz CT molecular complexity index is 1220. The molecule has 1 saturated heterocycles. The van der Waals surface area contributed by atoms with E-state index < -0.39 is 0 Å². The Labute approximate surface area is 187 Å². The maximum absolute atomic E-state index is 11.7. The van der Waals surface area contributed by atoms with E-state index >= 15 is 0 Å². The number of para-hydroxylation sites is 1. The van der Waals surface area contributed by atoms with Gasteiger partial charge in [0, 0.05) is 33.9 Å². The fourth-order valence-electron chi connectivity index (χ4n) is 3.62. The molecule has 2 heterocycles. The summed E-state index contributed by atoms with van der Waals surface area (Å²) in [6.45, 7) is 0.675. The van der Waals surface area contributed by atoms with E-state index in [-0.39, 0.29) is 16.0 Å². The molecule has 3 aromatic carbocycles. The Morgan fingerprint density at radius 2 is 1.87 bits per heavy atom. The van der Waals surface area contributed by atoms with E-state index in [1.54, 1.807) is 40.3 Å². The highest BCUT2D eigenvalue weighted by atomic mass is 32.2. The molecule has 6 nitrogen and oxygen atoms in total. The van der Waals surface area contributed by atoms with Crippen LogP contribution in [0.25, 0.3) is 16.6 Å². The van der Waals surface area contributed by atoms with Crippen molar-refractivity contribution in [3.63, 3.8) is 0 Å².